The van der Waals surface area contributed by atoms with Crippen LogP contribution in [0.2, 0.25) is 0 Å². The highest BCUT2D eigenvalue weighted by atomic mass is 32.2. The van der Waals surface area contributed by atoms with Crippen molar-refractivity contribution in [3.05, 3.63) is 60.2 Å². The van der Waals surface area contributed by atoms with Crippen LogP contribution in [0, 0.1) is 6.92 Å². The highest BCUT2D eigenvalue weighted by Crippen LogP contribution is 2.25. The molecular weight excluding hydrogens is 442 g/mol. The number of amides is 1. The third kappa shape index (κ3) is 5.68. The molecule has 2 aromatic carbocycles. The van der Waals surface area contributed by atoms with E-state index in [1.807, 2.05) is 31.2 Å². The number of hydrogen-bond donors (Lipinski definition) is 2. The third-order valence-electron chi connectivity index (χ3n) is 5.58. The summed E-state index contributed by atoms with van der Waals surface area (Å²) in [6.45, 7) is 1.99. The van der Waals surface area contributed by atoms with Crippen molar-refractivity contribution in [2.75, 3.05) is 11.1 Å². The second-order valence-corrected chi connectivity index (χ2v) is 10.8. The number of hydrogen-bond acceptors (Lipinski definition) is 5. The Morgan fingerprint density at radius 2 is 1.78 bits per heavy atom. The van der Waals surface area contributed by atoms with Crippen LogP contribution in [0.3, 0.4) is 0 Å². The van der Waals surface area contributed by atoms with Crippen molar-refractivity contribution in [2.45, 2.75) is 55.0 Å². The molecule has 0 radical (unpaired) electrons. The van der Waals surface area contributed by atoms with Gasteiger partial charge in [0, 0.05) is 17.1 Å². The highest BCUT2D eigenvalue weighted by Gasteiger charge is 2.21. The first-order valence-electron chi connectivity index (χ1n) is 10.8. The zero-order chi connectivity index (χ0) is 22.6. The second-order valence-electron chi connectivity index (χ2n) is 8.12. The largest absolute Gasteiger partial charge is 0.325 e. The van der Waals surface area contributed by atoms with Crippen molar-refractivity contribution in [2.24, 2.45) is 0 Å². The summed E-state index contributed by atoms with van der Waals surface area (Å²) in [5, 5.41) is 4.73. The summed E-state index contributed by atoms with van der Waals surface area (Å²) in [5.41, 5.74) is 2.50. The zero-order valence-electron chi connectivity index (χ0n) is 18.0. The van der Waals surface area contributed by atoms with Crippen molar-refractivity contribution in [1.29, 1.82) is 0 Å². The number of carbonyl (C=O) groups is 1. The molecule has 0 saturated heterocycles. The minimum absolute atomic E-state index is 0.0114. The molecule has 0 spiro atoms. The lowest BCUT2D eigenvalue weighted by atomic mass is 9.96. The van der Waals surface area contributed by atoms with Crippen molar-refractivity contribution >= 4 is 44.3 Å². The summed E-state index contributed by atoms with van der Waals surface area (Å²) >= 11 is 1.39. The number of nitrogens with zero attached hydrogens (tertiary/aromatic N) is 1. The molecule has 0 unspecified atom stereocenters. The second kappa shape index (κ2) is 10.0. The molecule has 0 bridgehead atoms. The molecule has 32 heavy (non-hydrogen) atoms. The molecule has 2 N–H and O–H groups in total. The third-order valence-corrected chi connectivity index (χ3v) is 8.21. The number of pyridine rings is 1. The number of thioether (sulfide) groups is 1. The van der Waals surface area contributed by atoms with Crippen LogP contribution in [0.25, 0.3) is 10.9 Å². The van der Waals surface area contributed by atoms with Gasteiger partial charge in [0.15, 0.2) is 0 Å². The van der Waals surface area contributed by atoms with Crippen LogP contribution in [0.4, 0.5) is 5.69 Å². The first kappa shape index (κ1) is 22.8. The van der Waals surface area contributed by atoms with Gasteiger partial charge in [0.1, 0.15) is 5.03 Å². The summed E-state index contributed by atoms with van der Waals surface area (Å²) < 4.78 is 28.0. The van der Waals surface area contributed by atoms with Crippen LogP contribution in [0.1, 0.15) is 37.7 Å². The Kier molecular flexibility index (Phi) is 7.13. The summed E-state index contributed by atoms with van der Waals surface area (Å²) in [6.07, 6.45) is 5.06. The molecule has 1 aliphatic carbocycles. The average molecular weight is 470 g/mol. The van der Waals surface area contributed by atoms with Crippen molar-refractivity contribution in [3.63, 3.8) is 0 Å². The number of aryl methyl sites for hydroxylation is 1. The normalized spacial score (nSPS) is 15.0. The highest BCUT2D eigenvalue weighted by molar-refractivity contribution is 8.00. The minimum Gasteiger partial charge on any atom is -0.325 e. The lowest BCUT2D eigenvalue weighted by molar-refractivity contribution is -0.113. The Morgan fingerprint density at radius 3 is 2.53 bits per heavy atom. The standard InChI is InChI=1S/C24H27N3O3S2/c1-17-15-18-7-5-6-10-22(18)26-24(17)31-16-23(28)25-19-11-13-21(14-12-19)32(29,30)27-20-8-3-2-4-9-20/h5-7,10-15,20,27H,2-4,8-9,16H2,1H3,(H,25,28). The first-order chi connectivity index (χ1) is 15.4. The fraction of sp³-hybridized carbons (Fsp3) is 0.333. The minimum atomic E-state index is -3.55. The zero-order valence-corrected chi connectivity index (χ0v) is 19.6. The van der Waals surface area contributed by atoms with Gasteiger partial charge in [-0.1, -0.05) is 49.2 Å². The van der Waals surface area contributed by atoms with E-state index in [-0.39, 0.29) is 22.6 Å². The van der Waals surface area contributed by atoms with Crippen LogP contribution in [0.5, 0.6) is 0 Å². The summed E-state index contributed by atoms with van der Waals surface area (Å²) in [6, 6.07) is 16.3. The van der Waals surface area contributed by atoms with Gasteiger partial charge in [-0.25, -0.2) is 18.1 Å². The Morgan fingerprint density at radius 1 is 1.06 bits per heavy atom. The van der Waals surface area contributed by atoms with E-state index < -0.39 is 10.0 Å². The van der Waals surface area contributed by atoms with E-state index in [0.29, 0.717) is 5.69 Å². The number of anilines is 1. The number of fused-ring (bicyclic) bond motifs is 1. The number of sulfonamides is 1. The lowest BCUT2D eigenvalue weighted by Crippen LogP contribution is -2.36. The molecule has 6 nitrogen and oxygen atoms in total. The molecule has 1 aliphatic rings. The number of aromatic nitrogens is 1. The monoisotopic (exact) mass is 469 g/mol. The molecule has 168 valence electrons. The fourth-order valence-corrected chi connectivity index (χ4v) is 6.00. The lowest BCUT2D eigenvalue weighted by Gasteiger charge is -2.22. The quantitative estimate of drug-likeness (QED) is 0.481. The molecule has 1 aromatic heterocycles. The summed E-state index contributed by atoms with van der Waals surface area (Å²) in [4.78, 5) is 17.3. The number of rotatable bonds is 7. The number of nitrogens with one attached hydrogen (secondary N) is 2. The number of carbonyl (C=O) groups excluding carboxylic acids is 1. The Balaban J connectivity index is 1.34. The Labute approximate surface area is 193 Å². The fourth-order valence-electron chi connectivity index (χ4n) is 3.91. The van der Waals surface area contributed by atoms with Gasteiger partial charge in [-0.3, -0.25) is 4.79 Å². The van der Waals surface area contributed by atoms with Gasteiger partial charge in [0.05, 0.1) is 16.2 Å². The van der Waals surface area contributed by atoms with Crippen molar-refractivity contribution in [1.82, 2.24) is 9.71 Å². The van der Waals surface area contributed by atoms with Crippen LogP contribution in [-0.4, -0.2) is 31.1 Å². The first-order valence-corrected chi connectivity index (χ1v) is 13.3. The van der Waals surface area contributed by atoms with E-state index in [2.05, 4.69) is 21.1 Å². The smallest absolute Gasteiger partial charge is 0.240 e. The number of benzene rings is 2. The maximum absolute atomic E-state index is 12.6. The molecule has 3 aromatic rings. The van der Waals surface area contributed by atoms with Gasteiger partial charge < -0.3 is 5.32 Å². The molecule has 1 amide bonds. The van der Waals surface area contributed by atoms with Crippen molar-refractivity contribution in [3.8, 4) is 0 Å². The Bertz CT molecular complexity index is 1200. The van der Waals surface area contributed by atoms with Gasteiger partial charge in [-0.2, -0.15) is 0 Å². The van der Waals surface area contributed by atoms with Gasteiger partial charge in [0.2, 0.25) is 15.9 Å². The van der Waals surface area contributed by atoms with Gasteiger partial charge in [-0.05, 0) is 61.7 Å². The van der Waals surface area contributed by atoms with E-state index in [1.165, 1.54) is 30.3 Å². The van der Waals surface area contributed by atoms with E-state index in [0.717, 1.165) is 47.2 Å². The molecule has 8 heteroatoms. The van der Waals surface area contributed by atoms with Crippen LogP contribution >= 0.6 is 11.8 Å². The van der Waals surface area contributed by atoms with E-state index >= 15 is 0 Å². The van der Waals surface area contributed by atoms with Crippen molar-refractivity contribution < 1.29 is 13.2 Å². The van der Waals surface area contributed by atoms with Crippen LogP contribution in [0.15, 0.2) is 64.5 Å². The maximum Gasteiger partial charge on any atom is 0.240 e. The summed E-state index contributed by atoms with van der Waals surface area (Å²) in [5.74, 6) is 0.0513. The van der Waals surface area contributed by atoms with E-state index in [4.69, 9.17) is 0 Å². The predicted octanol–water partition coefficient (Wildman–Crippen LogP) is 4.89. The molecule has 1 heterocycles. The van der Waals surface area contributed by atoms with Gasteiger partial charge in [0.25, 0.3) is 0 Å². The predicted molar refractivity (Wildman–Crippen MR) is 129 cm³/mol. The van der Waals surface area contributed by atoms with Crippen LogP contribution < -0.4 is 10.0 Å². The molecule has 1 saturated carbocycles. The molecular formula is C24H27N3O3S2. The van der Waals surface area contributed by atoms with Gasteiger partial charge >= 0.3 is 0 Å². The SMILES string of the molecule is Cc1cc2ccccc2nc1SCC(=O)Nc1ccc(S(=O)(=O)NC2CCCCC2)cc1. The average Bonchev–Trinajstić information content (AvgIpc) is 2.78. The van der Waals surface area contributed by atoms with Gasteiger partial charge in [-0.15, -0.1) is 0 Å². The van der Waals surface area contributed by atoms with Crippen LogP contribution in [-0.2, 0) is 14.8 Å². The summed E-state index contributed by atoms with van der Waals surface area (Å²) in [7, 11) is -3.55. The molecule has 1 fully saturated rings. The Hall–Kier alpha value is -2.42. The molecule has 4 rings (SSSR count). The topological polar surface area (TPSA) is 88.2 Å². The van der Waals surface area contributed by atoms with E-state index in [1.54, 1.807) is 12.1 Å². The maximum atomic E-state index is 12.6. The van der Waals surface area contributed by atoms with E-state index in [9.17, 15) is 13.2 Å². The number of para-hydroxylation sites is 1. The molecule has 0 atom stereocenters. The molecule has 0 aliphatic heterocycles.